The summed E-state index contributed by atoms with van der Waals surface area (Å²) >= 11 is 0. The summed E-state index contributed by atoms with van der Waals surface area (Å²) in [7, 11) is 4.80. The molecule has 182 valence electrons. The lowest BCUT2D eigenvalue weighted by Gasteiger charge is -2.23. The molecule has 0 spiro atoms. The number of carbonyl (C=O) groups excluding carboxylic acids is 2. The molecule has 0 aliphatic heterocycles. The highest BCUT2D eigenvalue weighted by atomic mass is 16.5. The number of aromatic nitrogens is 1. The van der Waals surface area contributed by atoms with Crippen molar-refractivity contribution in [2.24, 2.45) is 0 Å². The van der Waals surface area contributed by atoms with Crippen LogP contribution in [0.4, 0.5) is 0 Å². The Labute approximate surface area is 199 Å². The molecule has 8 nitrogen and oxygen atoms in total. The predicted octanol–water partition coefficient (Wildman–Crippen LogP) is 4.11. The van der Waals surface area contributed by atoms with Crippen LogP contribution < -0.4 is 14.2 Å². The van der Waals surface area contributed by atoms with Gasteiger partial charge in [-0.15, -0.1) is 0 Å². The molecule has 2 aromatic carbocycles. The third kappa shape index (κ3) is 6.21. The summed E-state index contributed by atoms with van der Waals surface area (Å²) in [4.78, 5) is 29.9. The summed E-state index contributed by atoms with van der Waals surface area (Å²) in [5.41, 5.74) is 3.00. The number of methoxy groups -OCH3 is 3. The number of ether oxygens (including phenoxy) is 4. The van der Waals surface area contributed by atoms with Crippen LogP contribution >= 0.6 is 0 Å². The fourth-order valence-corrected chi connectivity index (χ4v) is 3.84. The van der Waals surface area contributed by atoms with E-state index in [9.17, 15) is 9.59 Å². The quantitative estimate of drug-likeness (QED) is 0.403. The molecule has 0 unspecified atom stereocenters. The molecule has 0 aliphatic rings. The van der Waals surface area contributed by atoms with Gasteiger partial charge in [0.1, 0.15) is 5.75 Å². The molecule has 0 radical (unpaired) electrons. The number of hydrogen-bond acceptors (Lipinski definition) is 6. The zero-order chi connectivity index (χ0) is 24.5. The van der Waals surface area contributed by atoms with Gasteiger partial charge in [-0.3, -0.25) is 9.59 Å². The van der Waals surface area contributed by atoms with Gasteiger partial charge in [0.2, 0.25) is 5.91 Å². The SMILES string of the molecule is CCOC(=O)CCC(=O)N(CCc1c[nH]c2ccc(OC)cc12)Cc1ccc(OC)c(OC)c1. The lowest BCUT2D eigenvalue weighted by atomic mass is 10.1. The van der Waals surface area contributed by atoms with E-state index in [2.05, 4.69) is 4.98 Å². The zero-order valence-corrected chi connectivity index (χ0v) is 20.2. The number of hydrogen-bond donors (Lipinski definition) is 1. The highest BCUT2D eigenvalue weighted by molar-refractivity contribution is 5.85. The molecule has 0 fully saturated rings. The number of fused-ring (bicyclic) bond motifs is 1. The number of H-pyrrole nitrogens is 1. The van der Waals surface area contributed by atoms with Gasteiger partial charge in [0.05, 0.1) is 34.4 Å². The first-order valence-corrected chi connectivity index (χ1v) is 11.3. The van der Waals surface area contributed by atoms with Crippen molar-refractivity contribution in [2.75, 3.05) is 34.5 Å². The molecule has 0 saturated carbocycles. The van der Waals surface area contributed by atoms with Gasteiger partial charge in [0.25, 0.3) is 0 Å². The molecule has 1 N–H and O–H groups in total. The van der Waals surface area contributed by atoms with Gasteiger partial charge in [-0.2, -0.15) is 0 Å². The van der Waals surface area contributed by atoms with Crippen molar-refractivity contribution in [3.8, 4) is 17.2 Å². The van der Waals surface area contributed by atoms with Crippen LogP contribution in [-0.2, 0) is 27.3 Å². The third-order valence-electron chi connectivity index (χ3n) is 5.65. The van der Waals surface area contributed by atoms with Crippen LogP contribution in [0.15, 0.2) is 42.6 Å². The van der Waals surface area contributed by atoms with E-state index in [4.69, 9.17) is 18.9 Å². The van der Waals surface area contributed by atoms with Crippen LogP contribution in [0.25, 0.3) is 10.9 Å². The molecule has 0 saturated heterocycles. The number of nitrogens with one attached hydrogen (secondary N) is 1. The van der Waals surface area contributed by atoms with Crippen molar-refractivity contribution in [1.82, 2.24) is 9.88 Å². The number of carbonyl (C=O) groups is 2. The second-order valence-corrected chi connectivity index (χ2v) is 7.79. The van der Waals surface area contributed by atoms with Gasteiger partial charge in [-0.1, -0.05) is 6.07 Å². The van der Waals surface area contributed by atoms with Crippen molar-refractivity contribution in [3.63, 3.8) is 0 Å². The molecule has 0 atom stereocenters. The Morgan fingerprint density at radius 2 is 1.74 bits per heavy atom. The summed E-state index contributed by atoms with van der Waals surface area (Å²) in [5.74, 6) is 1.52. The number of rotatable bonds is 12. The first-order valence-electron chi connectivity index (χ1n) is 11.3. The Balaban J connectivity index is 1.78. The van der Waals surface area contributed by atoms with Crippen LogP contribution in [0.5, 0.6) is 17.2 Å². The van der Waals surface area contributed by atoms with Crippen LogP contribution in [-0.4, -0.2) is 56.2 Å². The van der Waals surface area contributed by atoms with Gasteiger partial charge in [-0.05, 0) is 54.8 Å². The molecular weight excluding hydrogens is 436 g/mol. The summed E-state index contributed by atoms with van der Waals surface area (Å²) in [5, 5.41) is 1.06. The second-order valence-electron chi connectivity index (χ2n) is 7.79. The summed E-state index contributed by atoms with van der Waals surface area (Å²) in [6.07, 6.45) is 2.75. The van der Waals surface area contributed by atoms with Crippen molar-refractivity contribution in [1.29, 1.82) is 0 Å². The molecular formula is C26H32N2O6. The Kier molecular flexibility index (Phi) is 8.79. The van der Waals surface area contributed by atoms with Crippen LogP contribution in [0.1, 0.15) is 30.9 Å². The molecule has 3 rings (SSSR count). The van der Waals surface area contributed by atoms with Crippen LogP contribution in [0.2, 0.25) is 0 Å². The van der Waals surface area contributed by atoms with Gasteiger partial charge in [0, 0.05) is 36.6 Å². The Bertz CT molecular complexity index is 1120. The molecule has 34 heavy (non-hydrogen) atoms. The Morgan fingerprint density at radius 1 is 0.941 bits per heavy atom. The van der Waals surface area contributed by atoms with E-state index < -0.39 is 0 Å². The van der Waals surface area contributed by atoms with E-state index in [-0.39, 0.29) is 24.7 Å². The maximum Gasteiger partial charge on any atom is 0.306 e. The van der Waals surface area contributed by atoms with Crippen molar-refractivity contribution >= 4 is 22.8 Å². The van der Waals surface area contributed by atoms with Crippen LogP contribution in [0, 0.1) is 0 Å². The number of amides is 1. The summed E-state index contributed by atoms with van der Waals surface area (Å²) in [6, 6.07) is 11.5. The fraction of sp³-hybridized carbons (Fsp3) is 0.385. The number of benzene rings is 2. The van der Waals surface area contributed by atoms with E-state index in [1.165, 1.54) is 0 Å². The molecule has 0 aliphatic carbocycles. The zero-order valence-electron chi connectivity index (χ0n) is 20.2. The first-order chi connectivity index (χ1) is 16.5. The van der Waals surface area contributed by atoms with E-state index in [0.29, 0.717) is 37.6 Å². The molecule has 1 heterocycles. The Hall–Kier alpha value is -3.68. The van der Waals surface area contributed by atoms with Crippen LogP contribution in [0.3, 0.4) is 0 Å². The highest BCUT2D eigenvalue weighted by Crippen LogP contribution is 2.28. The second kappa shape index (κ2) is 12.0. The average molecular weight is 469 g/mol. The van der Waals surface area contributed by atoms with E-state index in [0.717, 1.165) is 27.8 Å². The largest absolute Gasteiger partial charge is 0.497 e. The monoisotopic (exact) mass is 468 g/mol. The lowest BCUT2D eigenvalue weighted by Crippen LogP contribution is -2.32. The number of esters is 1. The standard InChI is InChI=1S/C26H32N2O6/c1-5-34-26(30)11-10-25(29)28(17-18-6-9-23(32-3)24(14-18)33-4)13-12-19-16-27-22-8-7-20(31-2)15-21(19)22/h6-9,14-16,27H,5,10-13,17H2,1-4H3. The van der Waals surface area contributed by atoms with Gasteiger partial charge in [0.15, 0.2) is 11.5 Å². The smallest absolute Gasteiger partial charge is 0.306 e. The maximum absolute atomic E-state index is 13.1. The van der Waals surface area contributed by atoms with Crippen molar-refractivity contribution in [2.45, 2.75) is 32.7 Å². The predicted molar refractivity (Wildman–Crippen MR) is 129 cm³/mol. The first kappa shape index (κ1) is 25.0. The minimum Gasteiger partial charge on any atom is -0.497 e. The van der Waals surface area contributed by atoms with E-state index in [1.54, 1.807) is 33.2 Å². The number of nitrogens with zero attached hydrogens (tertiary/aromatic N) is 1. The number of aromatic amines is 1. The van der Waals surface area contributed by atoms with Gasteiger partial charge < -0.3 is 28.8 Å². The van der Waals surface area contributed by atoms with Gasteiger partial charge >= 0.3 is 5.97 Å². The minimum atomic E-state index is -0.370. The topological polar surface area (TPSA) is 90.1 Å². The maximum atomic E-state index is 13.1. The average Bonchev–Trinajstić information content (AvgIpc) is 3.27. The molecule has 0 bridgehead atoms. The van der Waals surface area contributed by atoms with Crippen molar-refractivity contribution in [3.05, 3.63) is 53.7 Å². The molecule has 3 aromatic rings. The minimum absolute atomic E-state index is 0.0550. The summed E-state index contributed by atoms with van der Waals surface area (Å²) < 4.78 is 21.1. The molecule has 8 heteroatoms. The van der Waals surface area contributed by atoms with Gasteiger partial charge in [-0.25, -0.2) is 0 Å². The highest BCUT2D eigenvalue weighted by Gasteiger charge is 2.18. The lowest BCUT2D eigenvalue weighted by molar-refractivity contribution is -0.145. The molecule has 1 amide bonds. The normalized spacial score (nSPS) is 10.7. The fourth-order valence-electron chi connectivity index (χ4n) is 3.84. The molecule has 1 aromatic heterocycles. The third-order valence-corrected chi connectivity index (χ3v) is 5.65. The van der Waals surface area contributed by atoms with E-state index >= 15 is 0 Å². The van der Waals surface area contributed by atoms with E-state index in [1.807, 2.05) is 42.6 Å². The summed E-state index contributed by atoms with van der Waals surface area (Å²) in [6.45, 7) is 2.92. The van der Waals surface area contributed by atoms with Crippen molar-refractivity contribution < 1.29 is 28.5 Å². The Morgan fingerprint density at radius 3 is 2.44 bits per heavy atom.